The number of halogens is 1. The molecule has 0 saturated carbocycles. The lowest BCUT2D eigenvalue weighted by molar-refractivity contribution is 0.102. The third kappa shape index (κ3) is 4.18. The molecule has 6 heteroatoms. The van der Waals surface area contributed by atoms with Crippen molar-refractivity contribution in [2.75, 3.05) is 5.32 Å². The summed E-state index contributed by atoms with van der Waals surface area (Å²) in [6, 6.07) is 17.5. The Bertz CT molecular complexity index is 1120. The maximum Gasteiger partial charge on any atom is 0.259 e. The van der Waals surface area contributed by atoms with Crippen LogP contribution < -0.4 is 5.32 Å². The summed E-state index contributed by atoms with van der Waals surface area (Å²) in [6.07, 6.45) is 0. The van der Waals surface area contributed by atoms with Gasteiger partial charge in [0, 0.05) is 10.7 Å². The molecule has 0 bridgehead atoms. The molecule has 0 spiro atoms. The van der Waals surface area contributed by atoms with Crippen LogP contribution in [-0.2, 0) is 0 Å². The van der Waals surface area contributed by atoms with Crippen molar-refractivity contribution >= 4 is 23.2 Å². The van der Waals surface area contributed by atoms with E-state index in [0.29, 0.717) is 21.8 Å². The van der Waals surface area contributed by atoms with Gasteiger partial charge in [0.15, 0.2) is 11.5 Å². The highest BCUT2D eigenvalue weighted by Gasteiger charge is 2.20. The van der Waals surface area contributed by atoms with Gasteiger partial charge in [-0.05, 0) is 48.7 Å². The van der Waals surface area contributed by atoms with Gasteiger partial charge in [-0.15, -0.1) is 0 Å². The Balaban J connectivity index is 1.93. The van der Waals surface area contributed by atoms with Crippen molar-refractivity contribution in [2.24, 2.45) is 0 Å². The number of phenolic OH excluding ortho intramolecular Hbond substituents is 2. The summed E-state index contributed by atoms with van der Waals surface area (Å²) in [5.41, 5.74) is 3.69. The molecule has 0 fully saturated rings. The van der Waals surface area contributed by atoms with Crippen molar-refractivity contribution in [3.8, 4) is 17.6 Å². The highest BCUT2D eigenvalue weighted by Crippen LogP contribution is 2.35. The molecular formula is C23H19ClN2O3. The standard InChI is InChI=1S/C23H19ClN2O3/c1-13-6-8-15(9-7-13)18(12-25)17-10-14(2)20(11-19(17)24)26-23(29)16-4-3-5-21(27)22(16)28/h3-11,18,27-28H,1-2H3,(H,26,29). The van der Waals surface area contributed by atoms with Gasteiger partial charge in [0.25, 0.3) is 5.91 Å². The number of hydrogen-bond acceptors (Lipinski definition) is 4. The minimum atomic E-state index is -0.583. The monoisotopic (exact) mass is 406 g/mol. The zero-order valence-electron chi connectivity index (χ0n) is 15.9. The van der Waals surface area contributed by atoms with Crippen molar-refractivity contribution < 1.29 is 15.0 Å². The molecule has 3 N–H and O–H groups in total. The third-order valence-electron chi connectivity index (χ3n) is 4.70. The molecule has 146 valence electrons. The van der Waals surface area contributed by atoms with Gasteiger partial charge in [-0.1, -0.05) is 53.6 Å². The maximum absolute atomic E-state index is 12.5. The van der Waals surface area contributed by atoms with E-state index in [4.69, 9.17) is 11.6 Å². The van der Waals surface area contributed by atoms with Crippen LogP contribution in [0, 0.1) is 25.2 Å². The number of hydrogen-bond donors (Lipinski definition) is 3. The van der Waals surface area contributed by atoms with Gasteiger partial charge < -0.3 is 15.5 Å². The topological polar surface area (TPSA) is 93.4 Å². The second-order valence-electron chi connectivity index (χ2n) is 6.79. The quantitative estimate of drug-likeness (QED) is 0.514. The Morgan fingerprint density at radius 1 is 1.10 bits per heavy atom. The predicted octanol–water partition coefficient (Wildman–Crippen LogP) is 5.28. The first kappa shape index (κ1) is 20.2. The number of para-hydroxylation sites is 1. The lowest BCUT2D eigenvalue weighted by Gasteiger charge is -2.16. The van der Waals surface area contributed by atoms with Gasteiger partial charge in [-0.3, -0.25) is 4.79 Å². The van der Waals surface area contributed by atoms with Crippen molar-refractivity contribution in [1.29, 1.82) is 5.26 Å². The summed E-state index contributed by atoms with van der Waals surface area (Å²) < 4.78 is 0. The highest BCUT2D eigenvalue weighted by atomic mass is 35.5. The second kappa shape index (κ2) is 8.26. The van der Waals surface area contributed by atoms with Crippen LogP contribution in [0.1, 0.15) is 38.5 Å². The van der Waals surface area contributed by atoms with E-state index in [1.807, 2.05) is 31.2 Å². The molecule has 0 heterocycles. The second-order valence-corrected chi connectivity index (χ2v) is 7.20. The van der Waals surface area contributed by atoms with Gasteiger partial charge in [0.05, 0.1) is 17.6 Å². The molecule has 3 aromatic rings. The van der Waals surface area contributed by atoms with E-state index in [9.17, 15) is 20.3 Å². The Hall–Kier alpha value is -3.49. The number of aryl methyl sites for hydroxylation is 2. The van der Waals surface area contributed by atoms with Crippen molar-refractivity contribution in [3.63, 3.8) is 0 Å². The van der Waals surface area contributed by atoms with E-state index in [2.05, 4.69) is 11.4 Å². The summed E-state index contributed by atoms with van der Waals surface area (Å²) in [5.74, 6) is -1.99. The summed E-state index contributed by atoms with van der Waals surface area (Å²) in [7, 11) is 0. The molecule has 3 aromatic carbocycles. The molecule has 0 radical (unpaired) electrons. The smallest absolute Gasteiger partial charge is 0.259 e. The van der Waals surface area contributed by atoms with E-state index in [1.165, 1.54) is 18.2 Å². The lowest BCUT2D eigenvalue weighted by Crippen LogP contribution is -2.13. The number of rotatable bonds is 4. The van der Waals surface area contributed by atoms with E-state index < -0.39 is 17.6 Å². The van der Waals surface area contributed by atoms with Crippen LogP contribution in [-0.4, -0.2) is 16.1 Å². The molecule has 1 atom stereocenters. The first-order valence-corrected chi connectivity index (χ1v) is 9.28. The van der Waals surface area contributed by atoms with Crippen LogP contribution in [0.25, 0.3) is 0 Å². The van der Waals surface area contributed by atoms with Crippen LogP contribution in [0.4, 0.5) is 5.69 Å². The zero-order chi connectivity index (χ0) is 21.1. The summed E-state index contributed by atoms with van der Waals surface area (Å²) in [5, 5.41) is 32.2. The largest absolute Gasteiger partial charge is 0.504 e. The summed E-state index contributed by atoms with van der Waals surface area (Å²) >= 11 is 6.45. The number of amides is 1. The third-order valence-corrected chi connectivity index (χ3v) is 5.03. The molecule has 0 aliphatic heterocycles. The number of carbonyl (C=O) groups excluding carboxylic acids is 1. The minimum Gasteiger partial charge on any atom is -0.504 e. The fourth-order valence-electron chi connectivity index (χ4n) is 3.05. The molecule has 29 heavy (non-hydrogen) atoms. The fraction of sp³-hybridized carbons (Fsp3) is 0.130. The van der Waals surface area contributed by atoms with Crippen molar-refractivity contribution in [2.45, 2.75) is 19.8 Å². The SMILES string of the molecule is Cc1ccc(C(C#N)c2cc(C)c(NC(=O)c3cccc(O)c3O)cc2Cl)cc1. The number of aromatic hydroxyl groups is 2. The number of nitriles is 1. The van der Waals surface area contributed by atoms with Gasteiger partial charge in [0.2, 0.25) is 0 Å². The predicted molar refractivity (Wildman–Crippen MR) is 113 cm³/mol. The molecule has 5 nitrogen and oxygen atoms in total. The molecule has 1 amide bonds. The Morgan fingerprint density at radius 2 is 1.79 bits per heavy atom. The van der Waals surface area contributed by atoms with Crippen molar-refractivity contribution in [3.05, 3.63) is 87.4 Å². The van der Waals surface area contributed by atoms with Crippen LogP contribution in [0.5, 0.6) is 11.5 Å². The molecule has 3 rings (SSSR count). The fourth-order valence-corrected chi connectivity index (χ4v) is 3.32. The van der Waals surface area contributed by atoms with E-state index in [0.717, 1.165) is 11.1 Å². The molecule has 0 aliphatic carbocycles. The minimum absolute atomic E-state index is 0.0563. The zero-order valence-corrected chi connectivity index (χ0v) is 16.7. The molecular weight excluding hydrogens is 388 g/mol. The van der Waals surface area contributed by atoms with E-state index in [-0.39, 0.29) is 11.3 Å². The molecule has 1 unspecified atom stereocenters. The van der Waals surface area contributed by atoms with Crippen LogP contribution in [0.2, 0.25) is 5.02 Å². The van der Waals surface area contributed by atoms with Crippen LogP contribution in [0.15, 0.2) is 54.6 Å². The van der Waals surface area contributed by atoms with Crippen LogP contribution >= 0.6 is 11.6 Å². The number of anilines is 1. The van der Waals surface area contributed by atoms with Gasteiger partial charge in [-0.2, -0.15) is 5.26 Å². The Morgan fingerprint density at radius 3 is 2.45 bits per heavy atom. The highest BCUT2D eigenvalue weighted by molar-refractivity contribution is 6.32. The average Bonchev–Trinajstić information content (AvgIpc) is 2.69. The summed E-state index contributed by atoms with van der Waals surface area (Å²) in [4.78, 5) is 12.5. The van der Waals surface area contributed by atoms with Gasteiger partial charge >= 0.3 is 0 Å². The van der Waals surface area contributed by atoms with E-state index in [1.54, 1.807) is 19.1 Å². The summed E-state index contributed by atoms with van der Waals surface area (Å²) in [6.45, 7) is 3.77. The normalized spacial score (nSPS) is 11.5. The first-order valence-electron chi connectivity index (χ1n) is 8.90. The Kier molecular flexibility index (Phi) is 5.76. The Labute approximate surface area is 173 Å². The molecule has 0 aliphatic rings. The maximum atomic E-state index is 12.5. The molecule has 0 saturated heterocycles. The number of nitrogens with one attached hydrogen (secondary N) is 1. The average molecular weight is 407 g/mol. The van der Waals surface area contributed by atoms with Crippen molar-refractivity contribution in [1.82, 2.24) is 0 Å². The number of nitrogens with zero attached hydrogens (tertiary/aromatic N) is 1. The van der Waals surface area contributed by atoms with Gasteiger partial charge in [0.1, 0.15) is 0 Å². The van der Waals surface area contributed by atoms with Gasteiger partial charge in [-0.25, -0.2) is 0 Å². The van der Waals surface area contributed by atoms with Crippen LogP contribution in [0.3, 0.4) is 0 Å². The lowest BCUT2D eigenvalue weighted by atomic mass is 9.90. The number of benzene rings is 3. The van der Waals surface area contributed by atoms with E-state index >= 15 is 0 Å². The molecule has 0 aromatic heterocycles. The first-order chi connectivity index (χ1) is 13.8. The number of phenols is 2. The number of carbonyl (C=O) groups is 1.